The van der Waals surface area contributed by atoms with Crippen molar-refractivity contribution in [3.05, 3.63) is 111 Å². The van der Waals surface area contributed by atoms with Crippen molar-refractivity contribution in [1.29, 1.82) is 0 Å². The van der Waals surface area contributed by atoms with Gasteiger partial charge in [0.05, 0.1) is 30.5 Å². The molecular weight excluding hydrogens is 497 g/mol. The zero-order valence-electron chi connectivity index (χ0n) is 20.4. The molecule has 1 aliphatic heterocycles. The summed E-state index contributed by atoms with van der Waals surface area (Å²) in [6, 6.07) is 16.6. The number of benzene rings is 3. The van der Waals surface area contributed by atoms with Gasteiger partial charge in [0.1, 0.15) is 12.4 Å². The number of carbonyl (C=O) groups is 2. The maximum absolute atomic E-state index is 13.6. The Labute approximate surface area is 218 Å². The van der Waals surface area contributed by atoms with Crippen LogP contribution in [0.4, 0.5) is 4.39 Å². The monoisotopic (exact) mass is 519 g/mol. The standard InChI is InChI=1S/C29H23ClFNO5/c1-15-23(29(34)36-3)24(25-26(32-15)19-6-4-5-7-20(19)27(25)33)17-12-21(30)28(22(13-17)35-2)37-14-16-8-10-18(31)11-9-16/h4-13,24,32H,14H2,1-3H3. The number of Topliss-reactive ketones (excluding diaryl/α,β-unsaturated/α-hetero) is 1. The molecule has 0 saturated carbocycles. The average Bonchev–Trinajstić information content (AvgIpc) is 3.18. The van der Waals surface area contributed by atoms with Crippen molar-refractivity contribution in [2.24, 2.45) is 0 Å². The van der Waals surface area contributed by atoms with Crippen LogP contribution in [0.5, 0.6) is 11.5 Å². The van der Waals surface area contributed by atoms with Gasteiger partial charge in [-0.1, -0.05) is 48.0 Å². The molecule has 0 fully saturated rings. The van der Waals surface area contributed by atoms with Crippen molar-refractivity contribution in [2.75, 3.05) is 14.2 Å². The van der Waals surface area contributed by atoms with Crippen LogP contribution in [-0.4, -0.2) is 26.0 Å². The number of hydrogen-bond donors (Lipinski definition) is 1. The first-order valence-corrected chi connectivity index (χ1v) is 11.9. The highest BCUT2D eigenvalue weighted by Gasteiger charge is 2.43. The van der Waals surface area contributed by atoms with E-state index in [0.717, 1.165) is 11.1 Å². The molecule has 0 aromatic heterocycles. The summed E-state index contributed by atoms with van der Waals surface area (Å²) < 4.78 is 29.9. The molecule has 8 heteroatoms. The maximum atomic E-state index is 13.6. The number of rotatable bonds is 6. The number of ketones is 1. The van der Waals surface area contributed by atoms with E-state index in [4.69, 9.17) is 25.8 Å². The summed E-state index contributed by atoms with van der Waals surface area (Å²) in [5.74, 6) is -1.20. The number of esters is 1. The number of methoxy groups -OCH3 is 2. The minimum absolute atomic E-state index is 0.137. The number of ether oxygens (including phenoxy) is 3. The lowest BCUT2D eigenvalue weighted by molar-refractivity contribution is -0.136. The molecule has 0 spiro atoms. The number of fused-ring (bicyclic) bond motifs is 2. The van der Waals surface area contributed by atoms with Crippen molar-refractivity contribution in [3.63, 3.8) is 0 Å². The number of carbonyl (C=O) groups excluding carboxylic acids is 2. The second-order valence-electron chi connectivity index (χ2n) is 8.70. The first-order chi connectivity index (χ1) is 17.8. The number of hydrogen-bond acceptors (Lipinski definition) is 6. The Morgan fingerprint density at radius 2 is 1.76 bits per heavy atom. The van der Waals surface area contributed by atoms with Crippen molar-refractivity contribution < 1.29 is 28.2 Å². The highest BCUT2D eigenvalue weighted by molar-refractivity contribution is 6.32. The fraction of sp³-hybridized carbons (Fsp3) is 0.172. The third-order valence-electron chi connectivity index (χ3n) is 6.54. The lowest BCUT2D eigenvalue weighted by atomic mass is 9.79. The summed E-state index contributed by atoms with van der Waals surface area (Å²) in [6.45, 7) is 1.91. The predicted octanol–water partition coefficient (Wildman–Crippen LogP) is 5.81. The Hall–Kier alpha value is -4.10. The molecule has 0 saturated heterocycles. The Bertz CT molecular complexity index is 1490. The molecule has 0 radical (unpaired) electrons. The van der Waals surface area contributed by atoms with Crippen LogP contribution < -0.4 is 14.8 Å². The summed E-state index contributed by atoms with van der Waals surface area (Å²) in [4.78, 5) is 26.5. The van der Waals surface area contributed by atoms with Crippen molar-refractivity contribution in [3.8, 4) is 11.5 Å². The van der Waals surface area contributed by atoms with E-state index in [-0.39, 0.29) is 23.2 Å². The molecule has 5 rings (SSSR count). The zero-order valence-corrected chi connectivity index (χ0v) is 21.1. The number of dihydropyridines is 1. The summed E-state index contributed by atoms with van der Waals surface area (Å²) in [6.07, 6.45) is 0. The van der Waals surface area contributed by atoms with Gasteiger partial charge in [0.2, 0.25) is 0 Å². The topological polar surface area (TPSA) is 73.9 Å². The van der Waals surface area contributed by atoms with Crippen LogP contribution in [0.1, 0.15) is 39.9 Å². The van der Waals surface area contributed by atoms with E-state index in [9.17, 15) is 14.0 Å². The average molecular weight is 520 g/mol. The summed E-state index contributed by atoms with van der Waals surface area (Å²) in [5, 5.41) is 3.49. The number of nitrogens with one attached hydrogen (secondary N) is 1. The number of allylic oxidation sites excluding steroid dienone is 2. The Kier molecular flexibility index (Phi) is 6.48. The molecule has 0 amide bonds. The van der Waals surface area contributed by atoms with Gasteiger partial charge in [0, 0.05) is 28.3 Å². The molecule has 3 aromatic carbocycles. The second-order valence-corrected chi connectivity index (χ2v) is 9.11. The minimum atomic E-state index is -0.749. The Morgan fingerprint density at radius 1 is 1.05 bits per heavy atom. The van der Waals surface area contributed by atoms with Gasteiger partial charge in [0.25, 0.3) is 0 Å². The molecule has 1 N–H and O–H groups in total. The van der Waals surface area contributed by atoms with Gasteiger partial charge in [-0.3, -0.25) is 4.79 Å². The van der Waals surface area contributed by atoms with E-state index in [2.05, 4.69) is 5.32 Å². The van der Waals surface area contributed by atoms with Crippen LogP contribution >= 0.6 is 11.6 Å². The first-order valence-electron chi connectivity index (χ1n) is 11.5. The fourth-order valence-electron chi connectivity index (χ4n) is 4.83. The van der Waals surface area contributed by atoms with Gasteiger partial charge < -0.3 is 19.5 Å². The van der Waals surface area contributed by atoms with Crippen LogP contribution in [0.3, 0.4) is 0 Å². The molecule has 37 heavy (non-hydrogen) atoms. The molecular formula is C29H23ClFNO5. The number of halogens is 2. The van der Waals surface area contributed by atoms with E-state index < -0.39 is 11.9 Å². The van der Waals surface area contributed by atoms with Crippen LogP contribution in [0, 0.1) is 5.82 Å². The largest absolute Gasteiger partial charge is 0.493 e. The second kappa shape index (κ2) is 9.75. The van der Waals surface area contributed by atoms with E-state index in [1.807, 2.05) is 12.1 Å². The maximum Gasteiger partial charge on any atom is 0.336 e. The third-order valence-corrected chi connectivity index (χ3v) is 6.82. The lowest BCUT2D eigenvalue weighted by Gasteiger charge is -2.29. The molecule has 1 heterocycles. The summed E-state index contributed by atoms with van der Waals surface area (Å²) >= 11 is 6.68. The van der Waals surface area contributed by atoms with Crippen LogP contribution in [0.25, 0.3) is 5.70 Å². The molecule has 188 valence electrons. The van der Waals surface area contributed by atoms with Gasteiger partial charge >= 0.3 is 5.97 Å². The Morgan fingerprint density at radius 3 is 2.43 bits per heavy atom. The molecule has 1 atom stereocenters. The minimum Gasteiger partial charge on any atom is -0.493 e. The molecule has 3 aromatic rings. The molecule has 1 aliphatic carbocycles. The molecule has 1 unspecified atom stereocenters. The Balaban J connectivity index is 1.60. The van der Waals surface area contributed by atoms with E-state index in [1.54, 1.807) is 43.3 Å². The first kappa shape index (κ1) is 24.6. The predicted molar refractivity (Wildman–Crippen MR) is 137 cm³/mol. The highest BCUT2D eigenvalue weighted by atomic mass is 35.5. The van der Waals surface area contributed by atoms with E-state index in [0.29, 0.717) is 45.2 Å². The lowest BCUT2D eigenvalue weighted by Crippen LogP contribution is -2.29. The zero-order chi connectivity index (χ0) is 26.3. The fourth-order valence-corrected chi connectivity index (χ4v) is 5.10. The van der Waals surface area contributed by atoms with Crippen molar-refractivity contribution in [1.82, 2.24) is 5.32 Å². The van der Waals surface area contributed by atoms with Crippen LogP contribution in [0.2, 0.25) is 5.02 Å². The van der Waals surface area contributed by atoms with Gasteiger partial charge in [0.15, 0.2) is 17.3 Å². The highest BCUT2D eigenvalue weighted by Crippen LogP contribution is 2.49. The van der Waals surface area contributed by atoms with Gasteiger partial charge in [-0.25, -0.2) is 9.18 Å². The van der Waals surface area contributed by atoms with Crippen molar-refractivity contribution >= 4 is 29.1 Å². The molecule has 6 nitrogen and oxygen atoms in total. The smallest absolute Gasteiger partial charge is 0.336 e. The SMILES string of the molecule is COC(=O)C1=C(C)NC2=C(C(=O)c3ccccc32)C1c1cc(Cl)c(OCc2ccc(F)cc2)c(OC)c1. The molecule has 2 aliphatic rings. The van der Waals surface area contributed by atoms with E-state index in [1.165, 1.54) is 26.4 Å². The summed E-state index contributed by atoms with van der Waals surface area (Å²) in [5.41, 5.74) is 4.62. The summed E-state index contributed by atoms with van der Waals surface area (Å²) in [7, 11) is 2.78. The van der Waals surface area contributed by atoms with Gasteiger partial charge in [-0.05, 0) is 42.3 Å². The van der Waals surface area contributed by atoms with Gasteiger partial charge in [-0.15, -0.1) is 0 Å². The van der Waals surface area contributed by atoms with Gasteiger partial charge in [-0.2, -0.15) is 0 Å². The van der Waals surface area contributed by atoms with E-state index >= 15 is 0 Å². The quantitative estimate of drug-likeness (QED) is 0.414. The third kappa shape index (κ3) is 4.25. The normalized spacial score (nSPS) is 16.2. The van der Waals surface area contributed by atoms with Crippen LogP contribution in [0.15, 0.2) is 77.5 Å². The van der Waals surface area contributed by atoms with Crippen molar-refractivity contribution in [2.45, 2.75) is 19.4 Å². The van der Waals surface area contributed by atoms with Crippen LogP contribution in [-0.2, 0) is 16.1 Å². The molecule has 0 bridgehead atoms.